The maximum Gasteiger partial charge on any atom is 0.193 e. The van der Waals surface area contributed by atoms with E-state index in [-0.39, 0.29) is 29.7 Å². The van der Waals surface area contributed by atoms with Gasteiger partial charge in [-0.1, -0.05) is 23.7 Å². The number of nitrogens with one attached hydrogen (secondary N) is 1. The molecule has 0 radical (unpaired) electrons. The first-order chi connectivity index (χ1) is 13.6. The Morgan fingerprint density at radius 2 is 2.07 bits per heavy atom. The van der Waals surface area contributed by atoms with Crippen molar-refractivity contribution in [1.82, 2.24) is 15.1 Å². The van der Waals surface area contributed by atoms with Crippen molar-refractivity contribution in [3.05, 3.63) is 34.9 Å². The second-order valence-corrected chi connectivity index (χ2v) is 12.0. The third-order valence-corrected chi connectivity index (χ3v) is 9.04. The molecule has 2 unspecified atom stereocenters. The molecule has 9 heteroatoms. The Labute approximate surface area is 203 Å². The highest BCUT2D eigenvalue weighted by Crippen LogP contribution is 2.35. The van der Waals surface area contributed by atoms with Crippen molar-refractivity contribution in [1.29, 1.82) is 0 Å². The molecule has 2 atom stereocenters. The number of benzene rings is 1. The van der Waals surface area contributed by atoms with Crippen LogP contribution in [0.2, 0.25) is 5.02 Å². The van der Waals surface area contributed by atoms with E-state index in [0.717, 1.165) is 36.9 Å². The predicted octanol–water partition coefficient (Wildman–Crippen LogP) is 3.43. The average Bonchev–Trinajstić information content (AvgIpc) is 2.65. The molecular weight excluding hydrogens is 535 g/mol. The minimum Gasteiger partial charge on any atom is -0.356 e. The Kier molecular flexibility index (Phi) is 8.87. The molecule has 30 heavy (non-hydrogen) atoms. The summed E-state index contributed by atoms with van der Waals surface area (Å²) >= 11 is 6.25. The summed E-state index contributed by atoms with van der Waals surface area (Å²) in [7, 11) is 0.864. The summed E-state index contributed by atoms with van der Waals surface area (Å²) in [5, 5.41) is 4.29. The second kappa shape index (κ2) is 10.4. The second-order valence-electron chi connectivity index (χ2n) is 8.81. The zero-order chi connectivity index (χ0) is 21.2. The molecule has 1 aromatic rings. The van der Waals surface area contributed by atoms with Crippen LogP contribution in [0.15, 0.2) is 29.3 Å². The van der Waals surface area contributed by atoms with E-state index in [0.29, 0.717) is 25.0 Å². The minimum atomic E-state index is -3.07. The van der Waals surface area contributed by atoms with Gasteiger partial charge in [0, 0.05) is 37.7 Å². The molecule has 6 nitrogen and oxygen atoms in total. The van der Waals surface area contributed by atoms with Crippen LogP contribution in [-0.4, -0.2) is 75.0 Å². The molecule has 0 aromatic heterocycles. The Hall–Kier alpha value is -0.580. The quantitative estimate of drug-likeness (QED) is 0.344. The van der Waals surface area contributed by atoms with Gasteiger partial charge in [0.05, 0.1) is 10.5 Å². The van der Waals surface area contributed by atoms with Crippen LogP contribution in [-0.2, 0) is 9.84 Å². The maximum absolute atomic E-state index is 12.3. The van der Waals surface area contributed by atoms with Gasteiger partial charge in [-0.25, -0.2) is 8.42 Å². The molecule has 3 rings (SSSR count). The smallest absolute Gasteiger partial charge is 0.193 e. The summed E-state index contributed by atoms with van der Waals surface area (Å²) < 4.78 is 23.9. The van der Waals surface area contributed by atoms with Crippen molar-refractivity contribution < 1.29 is 8.42 Å². The van der Waals surface area contributed by atoms with E-state index < -0.39 is 14.6 Å². The van der Waals surface area contributed by atoms with Crippen molar-refractivity contribution in [2.75, 3.05) is 46.0 Å². The number of likely N-dealkylation sites (tertiary alicyclic amines) is 1. The van der Waals surface area contributed by atoms with E-state index in [1.807, 2.05) is 12.1 Å². The van der Waals surface area contributed by atoms with Crippen LogP contribution < -0.4 is 5.32 Å². The number of piperidine rings is 1. The first-order valence-corrected chi connectivity index (χ1v) is 12.3. The number of guanidine groups is 1. The van der Waals surface area contributed by atoms with Gasteiger partial charge in [-0.05, 0) is 63.9 Å². The number of hydrogen-bond donors (Lipinski definition) is 1. The van der Waals surface area contributed by atoms with Gasteiger partial charge in [-0.15, -0.1) is 24.0 Å². The summed E-state index contributed by atoms with van der Waals surface area (Å²) in [5.41, 5.74) is 1.24. The average molecular weight is 569 g/mol. The number of sulfone groups is 1. The largest absolute Gasteiger partial charge is 0.356 e. The maximum atomic E-state index is 12.3. The van der Waals surface area contributed by atoms with Crippen LogP contribution in [0.3, 0.4) is 0 Å². The number of halogens is 2. The van der Waals surface area contributed by atoms with Crippen molar-refractivity contribution in [3.8, 4) is 0 Å². The highest BCUT2D eigenvalue weighted by atomic mass is 127. The molecule has 2 aliphatic rings. The van der Waals surface area contributed by atoms with Gasteiger partial charge < -0.3 is 10.2 Å². The standard InChI is InChI=1S/C21H33ClN4O2S.HI/c1-21(2)15-26(11-12-29(21,27)28)20(23-3)24-14-17-8-6-10-25(4)19(17)16-7-5-9-18(22)13-16;/h5,7,9,13,17,19H,6,8,10-12,14-15H2,1-4H3,(H,23,24);1H. The van der Waals surface area contributed by atoms with Gasteiger partial charge in [0.15, 0.2) is 15.8 Å². The topological polar surface area (TPSA) is 65.0 Å². The van der Waals surface area contributed by atoms with Crippen LogP contribution in [0.4, 0.5) is 0 Å². The number of hydrogen-bond acceptors (Lipinski definition) is 4. The first kappa shape index (κ1) is 25.7. The molecule has 2 saturated heterocycles. The molecule has 2 aliphatic heterocycles. The summed E-state index contributed by atoms with van der Waals surface area (Å²) in [4.78, 5) is 8.92. The predicted molar refractivity (Wildman–Crippen MR) is 136 cm³/mol. The molecule has 0 spiro atoms. The van der Waals surface area contributed by atoms with Crippen LogP contribution >= 0.6 is 35.6 Å². The Balaban J connectivity index is 0.00000320. The molecule has 2 heterocycles. The van der Waals surface area contributed by atoms with Gasteiger partial charge >= 0.3 is 0 Å². The summed E-state index contributed by atoms with van der Waals surface area (Å²) in [6.07, 6.45) is 2.29. The van der Waals surface area contributed by atoms with Crippen molar-refractivity contribution in [3.63, 3.8) is 0 Å². The fourth-order valence-electron chi connectivity index (χ4n) is 4.57. The summed E-state index contributed by atoms with van der Waals surface area (Å²) in [6, 6.07) is 8.44. The normalized spacial score (nSPS) is 26.7. The van der Waals surface area contributed by atoms with E-state index in [9.17, 15) is 8.42 Å². The van der Waals surface area contributed by atoms with Gasteiger partial charge in [0.2, 0.25) is 0 Å². The molecule has 2 fully saturated rings. The zero-order valence-electron chi connectivity index (χ0n) is 18.3. The van der Waals surface area contributed by atoms with Gasteiger partial charge in [0.1, 0.15) is 0 Å². The molecular formula is C21H34ClIN4O2S. The lowest BCUT2D eigenvalue weighted by molar-refractivity contribution is 0.122. The Bertz CT molecular complexity index is 862. The monoisotopic (exact) mass is 568 g/mol. The van der Waals surface area contributed by atoms with Gasteiger partial charge in [0.25, 0.3) is 0 Å². The first-order valence-electron chi connectivity index (χ1n) is 10.3. The number of aliphatic imine (C=N–C) groups is 1. The zero-order valence-corrected chi connectivity index (χ0v) is 22.2. The molecule has 1 N–H and O–H groups in total. The van der Waals surface area contributed by atoms with E-state index >= 15 is 0 Å². The molecule has 0 bridgehead atoms. The summed E-state index contributed by atoms with van der Waals surface area (Å²) in [5.74, 6) is 1.37. The number of nitrogens with zero attached hydrogens (tertiary/aromatic N) is 3. The third-order valence-electron chi connectivity index (χ3n) is 6.27. The highest BCUT2D eigenvalue weighted by molar-refractivity contribution is 14.0. The lowest BCUT2D eigenvalue weighted by Gasteiger charge is -2.42. The lowest BCUT2D eigenvalue weighted by atomic mass is 9.85. The number of rotatable bonds is 3. The van der Waals surface area contributed by atoms with Crippen molar-refractivity contribution in [2.24, 2.45) is 10.9 Å². The van der Waals surface area contributed by atoms with E-state index in [2.05, 4.69) is 39.3 Å². The summed E-state index contributed by atoms with van der Waals surface area (Å²) in [6.45, 7) is 6.39. The fraction of sp³-hybridized carbons (Fsp3) is 0.667. The highest BCUT2D eigenvalue weighted by Gasteiger charge is 2.41. The molecule has 1 aromatic carbocycles. The van der Waals surface area contributed by atoms with E-state index in [1.54, 1.807) is 20.9 Å². The molecule has 0 aliphatic carbocycles. The Morgan fingerprint density at radius 1 is 1.33 bits per heavy atom. The van der Waals surface area contributed by atoms with Crippen LogP contribution in [0.25, 0.3) is 0 Å². The minimum absolute atomic E-state index is 0. The molecule has 170 valence electrons. The SMILES string of the molecule is CN=C(NCC1CCCN(C)C1c1cccc(Cl)c1)N1CCS(=O)(=O)C(C)(C)C1.I. The van der Waals surface area contributed by atoms with E-state index in [4.69, 9.17) is 11.6 Å². The van der Waals surface area contributed by atoms with Crippen LogP contribution in [0.5, 0.6) is 0 Å². The third kappa shape index (κ3) is 5.61. The van der Waals surface area contributed by atoms with Gasteiger partial charge in [-0.2, -0.15) is 0 Å². The molecule has 0 amide bonds. The molecule has 0 saturated carbocycles. The Morgan fingerprint density at radius 3 is 2.70 bits per heavy atom. The van der Waals surface area contributed by atoms with Crippen LogP contribution in [0.1, 0.15) is 38.3 Å². The lowest BCUT2D eigenvalue weighted by Crippen LogP contribution is -2.57. The van der Waals surface area contributed by atoms with E-state index in [1.165, 1.54) is 5.56 Å². The fourth-order valence-corrected chi connectivity index (χ4v) is 6.13. The van der Waals surface area contributed by atoms with Crippen molar-refractivity contribution in [2.45, 2.75) is 37.5 Å². The van der Waals surface area contributed by atoms with Gasteiger partial charge in [-0.3, -0.25) is 9.89 Å². The van der Waals surface area contributed by atoms with Crippen LogP contribution in [0, 0.1) is 5.92 Å². The van der Waals surface area contributed by atoms with Crippen molar-refractivity contribution >= 4 is 51.4 Å².